The Morgan fingerprint density at radius 2 is 2.00 bits per heavy atom. The first-order valence-electron chi connectivity index (χ1n) is 4.75. The highest BCUT2D eigenvalue weighted by molar-refractivity contribution is 9.14. The predicted octanol–water partition coefficient (Wildman–Crippen LogP) is 2.45. The molecule has 16 heavy (non-hydrogen) atoms. The molecule has 0 aromatic carbocycles. The van der Waals surface area contributed by atoms with Gasteiger partial charge >= 0.3 is 0 Å². The van der Waals surface area contributed by atoms with Crippen molar-refractivity contribution in [1.82, 2.24) is 15.1 Å². The van der Waals surface area contributed by atoms with Crippen molar-refractivity contribution in [2.75, 3.05) is 20.6 Å². The minimum absolute atomic E-state index is 0.802. The zero-order chi connectivity index (χ0) is 12.3. The molecule has 1 heterocycles. The SMILES string of the molecule is CC(NCCn1nc(Br)c(Br)c1Br)=[N+](C)C. The van der Waals surface area contributed by atoms with Crippen molar-refractivity contribution in [3.8, 4) is 0 Å². The number of aromatic nitrogens is 2. The number of nitrogens with zero attached hydrogens (tertiary/aromatic N) is 3. The van der Waals surface area contributed by atoms with Crippen molar-refractivity contribution in [3.63, 3.8) is 0 Å². The minimum atomic E-state index is 0.802. The Kier molecular flexibility index (Phi) is 5.46. The van der Waals surface area contributed by atoms with Gasteiger partial charge < -0.3 is 0 Å². The molecule has 0 atom stereocenters. The maximum atomic E-state index is 4.33. The van der Waals surface area contributed by atoms with Crippen molar-refractivity contribution in [1.29, 1.82) is 0 Å². The Labute approximate surface area is 120 Å². The average Bonchev–Trinajstić information content (AvgIpc) is 2.46. The second kappa shape index (κ2) is 6.16. The molecule has 7 heteroatoms. The molecule has 0 fully saturated rings. The largest absolute Gasteiger partial charge is 0.277 e. The number of amidine groups is 1. The Hall–Kier alpha value is 0.120. The fourth-order valence-corrected chi connectivity index (χ4v) is 2.41. The van der Waals surface area contributed by atoms with Gasteiger partial charge in [-0.15, -0.1) is 0 Å². The number of hydrogen-bond donors (Lipinski definition) is 1. The van der Waals surface area contributed by atoms with Gasteiger partial charge in [-0.2, -0.15) is 5.10 Å². The predicted molar refractivity (Wildman–Crippen MR) is 76.1 cm³/mol. The van der Waals surface area contributed by atoms with Crippen LogP contribution in [-0.4, -0.2) is 40.8 Å². The molecule has 0 spiro atoms. The van der Waals surface area contributed by atoms with Gasteiger partial charge in [-0.05, 0) is 47.8 Å². The van der Waals surface area contributed by atoms with E-state index in [1.807, 2.05) is 30.3 Å². The van der Waals surface area contributed by atoms with Crippen LogP contribution in [0.2, 0.25) is 0 Å². The fourth-order valence-electron chi connectivity index (χ4n) is 1.04. The molecule has 1 aromatic rings. The molecule has 0 bridgehead atoms. The van der Waals surface area contributed by atoms with Crippen LogP contribution >= 0.6 is 47.8 Å². The van der Waals surface area contributed by atoms with Crippen LogP contribution in [0.4, 0.5) is 0 Å². The smallest absolute Gasteiger partial charge is 0.241 e. The molecular weight excluding hydrogens is 404 g/mol. The lowest BCUT2D eigenvalue weighted by molar-refractivity contribution is -0.467. The van der Waals surface area contributed by atoms with Crippen LogP contribution < -0.4 is 5.32 Å². The molecule has 0 aliphatic rings. The highest BCUT2D eigenvalue weighted by atomic mass is 79.9. The number of hydrogen-bond acceptors (Lipinski definition) is 1. The lowest BCUT2D eigenvalue weighted by Crippen LogP contribution is -2.30. The second-order valence-electron chi connectivity index (χ2n) is 3.53. The molecule has 0 saturated heterocycles. The quantitative estimate of drug-likeness (QED) is 0.465. The molecule has 4 nitrogen and oxygen atoms in total. The van der Waals surface area contributed by atoms with Gasteiger partial charge in [0.15, 0.2) is 0 Å². The summed E-state index contributed by atoms with van der Waals surface area (Å²) in [6, 6.07) is 0. The van der Waals surface area contributed by atoms with Crippen molar-refractivity contribution in [2.24, 2.45) is 0 Å². The summed E-state index contributed by atoms with van der Waals surface area (Å²) in [5, 5.41) is 7.64. The van der Waals surface area contributed by atoms with Crippen LogP contribution in [0.1, 0.15) is 6.92 Å². The molecule has 1 N–H and O–H groups in total. The molecule has 1 rings (SSSR count). The first-order valence-corrected chi connectivity index (χ1v) is 7.13. The van der Waals surface area contributed by atoms with Crippen LogP contribution in [-0.2, 0) is 6.54 Å². The van der Waals surface area contributed by atoms with E-state index in [2.05, 4.69) is 58.2 Å². The van der Waals surface area contributed by atoms with Crippen LogP contribution in [0.25, 0.3) is 0 Å². The standard InChI is InChI=1S/C9H13Br3N4/c1-6(15(2)3)13-4-5-16-9(12)7(10)8(11)14-16/h4-5H2,1-3H3/p+1. The zero-order valence-electron chi connectivity index (χ0n) is 9.39. The zero-order valence-corrected chi connectivity index (χ0v) is 14.1. The van der Waals surface area contributed by atoms with Gasteiger partial charge in [0, 0.05) is 6.92 Å². The molecular formula is C9H14Br3N4+. The first kappa shape index (κ1) is 14.2. The monoisotopic (exact) mass is 415 g/mol. The molecule has 1 aromatic heterocycles. The second-order valence-corrected chi connectivity index (χ2v) is 5.82. The van der Waals surface area contributed by atoms with Crippen molar-refractivity contribution >= 4 is 53.6 Å². The van der Waals surface area contributed by atoms with Crippen LogP contribution in [0.15, 0.2) is 13.7 Å². The van der Waals surface area contributed by atoms with E-state index in [1.165, 1.54) is 0 Å². The Morgan fingerprint density at radius 3 is 2.44 bits per heavy atom. The summed E-state index contributed by atoms with van der Waals surface area (Å²) in [6.07, 6.45) is 0. The van der Waals surface area contributed by atoms with E-state index in [1.54, 1.807) is 0 Å². The molecule has 0 aliphatic carbocycles. The van der Waals surface area contributed by atoms with E-state index in [-0.39, 0.29) is 0 Å². The molecule has 0 amide bonds. The summed E-state index contributed by atoms with van der Waals surface area (Å²) in [4.78, 5) is 0. The van der Waals surface area contributed by atoms with Crippen LogP contribution in [0, 0.1) is 0 Å². The highest BCUT2D eigenvalue weighted by Gasteiger charge is 2.11. The summed E-state index contributed by atoms with van der Waals surface area (Å²) in [7, 11) is 4.03. The van der Waals surface area contributed by atoms with E-state index in [9.17, 15) is 0 Å². The average molecular weight is 418 g/mol. The topological polar surface area (TPSA) is 32.9 Å². The van der Waals surface area contributed by atoms with Crippen molar-refractivity contribution in [3.05, 3.63) is 13.7 Å². The molecule has 0 radical (unpaired) electrons. The van der Waals surface area contributed by atoms with Gasteiger partial charge in [-0.25, -0.2) is 0 Å². The summed E-state index contributed by atoms with van der Waals surface area (Å²) in [5.74, 6) is 1.14. The van der Waals surface area contributed by atoms with Gasteiger partial charge in [0.25, 0.3) is 0 Å². The summed E-state index contributed by atoms with van der Waals surface area (Å²) < 4.78 is 6.64. The lowest BCUT2D eigenvalue weighted by atomic mass is 10.5. The summed E-state index contributed by atoms with van der Waals surface area (Å²) in [5.41, 5.74) is 0. The highest BCUT2D eigenvalue weighted by Crippen LogP contribution is 2.29. The molecule has 0 unspecified atom stereocenters. The molecule has 90 valence electrons. The first-order chi connectivity index (χ1) is 7.43. The van der Waals surface area contributed by atoms with Gasteiger partial charge in [-0.3, -0.25) is 14.6 Å². The summed E-state index contributed by atoms with van der Waals surface area (Å²) >= 11 is 10.3. The minimum Gasteiger partial charge on any atom is -0.277 e. The number of nitrogens with one attached hydrogen (secondary N) is 1. The number of rotatable bonds is 3. The van der Waals surface area contributed by atoms with Gasteiger partial charge in [0.2, 0.25) is 5.84 Å². The van der Waals surface area contributed by atoms with Crippen molar-refractivity contribution in [2.45, 2.75) is 13.5 Å². The third kappa shape index (κ3) is 3.56. The van der Waals surface area contributed by atoms with E-state index < -0.39 is 0 Å². The van der Waals surface area contributed by atoms with E-state index in [4.69, 9.17) is 0 Å². The van der Waals surface area contributed by atoms with E-state index >= 15 is 0 Å². The molecule has 0 saturated carbocycles. The van der Waals surface area contributed by atoms with Crippen LogP contribution in [0.3, 0.4) is 0 Å². The van der Waals surface area contributed by atoms with Crippen LogP contribution in [0.5, 0.6) is 0 Å². The Balaban J connectivity index is 2.56. The third-order valence-corrected chi connectivity index (χ3v) is 5.35. The van der Waals surface area contributed by atoms with Crippen molar-refractivity contribution < 1.29 is 4.58 Å². The third-order valence-electron chi connectivity index (χ3n) is 2.17. The number of halogens is 3. The van der Waals surface area contributed by atoms with Gasteiger partial charge in [-0.1, -0.05) is 0 Å². The maximum absolute atomic E-state index is 4.33. The lowest BCUT2D eigenvalue weighted by Gasteiger charge is -2.03. The normalized spacial score (nSPS) is 10.4. The molecule has 0 aliphatic heterocycles. The fraction of sp³-hybridized carbons (Fsp3) is 0.556. The Morgan fingerprint density at radius 1 is 1.38 bits per heavy atom. The maximum Gasteiger partial charge on any atom is 0.241 e. The summed E-state index contributed by atoms with van der Waals surface area (Å²) in [6.45, 7) is 3.68. The Bertz CT molecular complexity index is 407. The van der Waals surface area contributed by atoms with E-state index in [0.717, 1.165) is 32.6 Å². The van der Waals surface area contributed by atoms with Gasteiger partial charge in [0.05, 0.1) is 25.1 Å². The van der Waals surface area contributed by atoms with Gasteiger partial charge in [0.1, 0.15) is 15.8 Å². The van der Waals surface area contributed by atoms with E-state index in [0.29, 0.717) is 0 Å².